The second-order valence-corrected chi connectivity index (χ2v) is 16.3. The molecule has 0 N–H and O–H groups in total. The third-order valence-corrected chi connectivity index (χ3v) is 11.2. The lowest BCUT2D eigenvalue weighted by Gasteiger charge is -2.15. The molecule has 0 aromatic heterocycles. The summed E-state index contributed by atoms with van der Waals surface area (Å²) in [6.45, 7) is 6.08. The Morgan fingerprint density at radius 1 is 0.321 bits per heavy atom. The Balaban J connectivity index is 1.49. The van der Waals surface area contributed by atoms with Crippen molar-refractivity contribution in [3.05, 3.63) is 95.1 Å². The van der Waals surface area contributed by atoms with Crippen LogP contribution >= 0.6 is 0 Å². The minimum atomic E-state index is 0.741. The van der Waals surface area contributed by atoms with E-state index >= 15 is 0 Å². The van der Waals surface area contributed by atoms with Crippen LogP contribution in [0.1, 0.15) is 216 Å². The highest BCUT2D eigenvalue weighted by Gasteiger charge is 2.11. The average molecular weight is 763 g/mol. The summed E-state index contributed by atoms with van der Waals surface area (Å²) in [5.74, 6) is 1.87. The molecular weight excluding hydrogens is 681 g/mol. The van der Waals surface area contributed by atoms with Gasteiger partial charge >= 0.3 is 0 Å². The average Bonchev–Trinajstić information content (AvgIpc) is 3.23. The van der Waals surface area contributed by atoms with E-state index in [9.17, 15) is 0 Å². The molecule has 0 saturated carbocycles. The van der Waals surface area contributed by atoms with Crippen molar-refractivity contribution in [2.75, 3.05) is 13.2 Å². The van der Waals surface area contributed by atoms with Crippen LogP contribution in [0.5, 0.6) is 11.5 Å². The molecule has 0 bridgehead atoms. The van der Waals surface area contributed by atoms with Crippen LogP contribution in [0, 0.1) is 0 Å². The molecule has 0 amide bonds. The van der Waals surface area contributed by atoms with E-state index in [2.05, 4.69) is 111 Å². The van der Waals surface area contributed by atoms with Gasteiger partial charge < -0.3 is 9.47 Å². The predicted molar refractivity (Wildman–Crippen MR) is 249 cm³/mol. The molecular formula is C54H82O2. The SMILES string of the molecule is CCCCCCCCCCCCCCCCOc1cc(C=Cc2ccccc2)c(OCCCCCCCCCCCCCCCC)cc1C=Cc1ccccc1. The number of rotatable bonds is 36. The van der Waals surface area contributed by atoms with Gasteiger partial charge in [0.25, 0.3) is 0 Å². The molecule has 0 saturated heterocycles. The Hall–Kier alpha value is -3.26. The molecule has 0 aliphatic carbocycles. The lowest BCUT2D eigenvalue weighted by molar-refractivity contribution is 0.295. The van der Waals surface area contributed by atoms with Gasteiger partial charge in [0.15, 0.2) is 0 Å². The minimum absolute atomic E-state index is 0.741. The normalized spacial score (nSPS) is 11.6. The van der Waals surface area contributed by atoms with Crippen molar-refractivity contribution in [3.8, 4) is 11.5 Å². The molecule has 0 aliphatic rings. The van der Waals surface area contributed by atoms with E-state index in [1.807, 2.05) is 0 Å². The number of unbranched alkanes of at least 4 members (excludes halogenated alkanes) is 26. The summed E-state index contributed by atoms with van der Waals surface area (Å²) in [5.41, 5.74) is 4.52. The molecule has 3 aromatic carbocycles. The summed E-state index contributed by atoms with van der Waals surface area (Å²) >= 11 is 0. The molecule has 0 atom stereocenters. The van der Waals surface area contributed by atoms with Crippen LogP contribution in [0.15, 0.2) is 72.8 Å². The first-order chi connectivity index (χ1) is 27.8. The van der Waals surface area contributed by atoms with Crippen molar-refractivity contribution in [2.24, 2.45) is 0 Å². The minimum Gasteiger partial charge on any atom is -0.493 e. The van der Waals surface area contributed by atoms with Crippen LogP contribution < -0.4 is 9.47 Å². The fraction of sp³-hybridized carbons (Fsp3) is 0.593. The first kappa shape index (κ1) is 47.1. The maximum absolute atomic E-state index is 6.57. The van der Waals surface area contributed by atoms with Crippen LogP contribution in [-0.2, 0) is 0 Å². The monoisotopic (exact) mass is 763 g/mol. The van der Waals surface area contributed by atoms with E-state index in [0.29, 0.717) is 0 Å². The fourth-order valence-electron chi connectivity index (χ4n) is 7.56. The van der Waals surface area contributed by atoms with Gasteiger partial charge in [0.2, 0.25) is 0 Å². The highest BCUT2D eigenvalue weighted by molar-refractivity contribution is 5.78. The van der Waals surface area contributed by atoms with Crippen molar-refractivity contribution >= 4 is 24.3 Å². The molecule has 0 fully saturated rings. The molecule has 3 aromatic rings. The number of hydrogen-bond acceptors (Lipinski definition) is 2. The van der Waals surface area contributed by atoms with Crippen LogP contribution in [0.2, 0.25) is 0 Å². The molecule has 2 nitrogen and oxygen atoms in total. The van der Waals surface area contributed by atoms with E-state index in [1.165, 1.54) is 178 Å². The van der Waals surface area contributed by atoms with E-state index in [1.54, 1.807) is 0 Å². The molecule has 2 heteroatoms. The lowest BCUT2D eigenvalue weighted by atomic mass is 10.0. The van der Waals surface area contributed by atoms with E-state index in [4.69, 9.17) is 9.47 Å². The smallest absolute Gasteiger partial charge is 0.127 e. The second-order valence-electron chi connectivity index (χ2n) is 16.3. The topological polar surface area (TPSA) is 18.5 Å². The fourth-order valence-corrected chi connectivity index (χ4v) is 7.56. The van der Waals surface area contributed by atoms with Crippen LogP contribution in [0.3, 0.4) is 0 Å². The van der Waals surface area contributed by atoms with Gasteiger partial charge in [-0.2, -0.15) is 0 Å². The van der Waals surface area contributed by atoms with Crippen LogP contribution in [0.4, 0.5) is 0 Å². The van der Waals surface area contributed by atoms with E-state index in [0.717, 1.165) is 48.7 Å². The quantitative estimate of drug-likeness (QED) is 0.0434. The molecule has 0 radical (unpaired) electrons. The standard InChI is InChI=1S/C54H82O2/c1-3-5-7-9-11-13-15-17-19-21-23-25-27-35-45-55-53-47-52(44-42-50-39-33-30-34-40-50)54(48-51(53)43-41-49-37-31-29-32-38-49)56-46-36-28-26-24-22-20-18-16-14-12-10-8-6-4-2/h29-34,37-44,47-48H,3-28,35-36,45-46H2,1-2H3. The third kappa shape index (κ3) is 23.7. The van der Waals surface area contributed by atoms with Gasteiger partial charge in [-0.05, 0) is 36.1 Å². The number of hydrogen-bond donors (Lipinski definition) is 0. The van der Waals surface area contributed by atoms with Gasteiger partial charge in [0.05, 0.1) is 13.2 Å². The maximum atomic E-state index is 6.57. The van der Waals surface area contributed by atoms with Crippen molar-refractivity contribution in [2.45, 2.75) is 194 Å². The Labute approximate surface area is 346 Å². The predicted octanol–water partition coefficient (Wildman–Crippen LogP) is 17.7. The maximum Gasteiger partial charge on any atom is 0.127 e. The van der Waals surface area contributed by atoms with Crippen molar-refractivity contribution in [1.29, 1.82) is 0 Å². The number of benzene rings is 3. The van der Waals surface area contributed by atoms with Gasteiger partial charge in [0.1, 0.15) is 11.5 Å². The molecule has 3 rings (SSSR count). The van der Waals surface area contributed by atoms with Gasteiger partial charge in [-0.15, -0.1) is 0 Å². The lowest BCUT2D eigenvalue weighted by Crippen LogP contribution is -2.03. The molecule has 0 aliphatic heterocycles. The van der Waals surface area contributed by atoms with Gasteiger partial charge in [-0.3, -0.25) is 0 Å². The summed E-state index contributed by atoms with van der Waals surface area (Å²) in [6.07, 6.45) is 46.9. The molecule has 56 heavy (non-hydrogen) atoms. The number of ether oxygens (including phenoxy) is 2. The second kappa shape index (κ2) is 33.8. The zero-order valence-corrected chi connectivity index (χ0v) is 36.3. The molecule has 0 unspecified atom stereocenters. The summed E-state index contributed by atoms with van der Waals surface area (Å²) in [5, 5.41) is 0. The van der Waals surface area contributed by atoms with Gasteiger partial charge in [-0.25, -0.2) is 0 Å². The first-order valence-corrected chi connectivity index (χ1v) is 23.7. The van der Waals surface area contributed by atoms with Crippen LogP contribution in [-0.4, -0.2) is 13.2 Å². The Bertz CT molecular complexity index is 1270. The van der Waals surface area contributed by atoms with E-state index < -0.39 is 0 Å². The van der Waals surface area contributed by atoms with E-state index in [-0.39, 0.29) is 0 Å². The van der Waals surface area contributed by atoms with Crippen molar-refractivity contribution < 1.29 is 9.47 Å². The molecule has 0 spiro atoms. The van der Waals surface area contributed by atoms with Gasteiger partial charge in [0, 0.05) is 11.1 Å². The molecule has 0 heterocycles. The van der Waals surface area contributed by atoms with Crippen molar-refractivity contribution in [3.63, 3.8) is 0 Å². The summed E-state index contributed by atoms with van der Waals surface area (Å²) in [4.78, 5) is 0. The first-order valence-electron chi connectivity index (χ1n) is 23.7. The Kier molecular flexibility index (Phi) is 28.5. The molecule has 310 valence electrons. The largest absolute Gasteiger partial charge is 0.493 e. The summed E-state index contributed by atoms with van der Waals surface area (Å²) in [6, 6.07) is 25.5. The van der Waals surface area contributed by atoms with Crippen molar-refractivity contribution in [1.82, 2.24) is 0 Å². The third-order valence-electron chi connectivity index (χ3n) is 11.2. The zero-order valence-electron chi connectivity index (χ0n) is 36.3. The Morgan fingerprint density at radius 3 is 0.875 bits per heavy atom. The Morgan fingerprint density at radius 2 is 0.589 bits per heavy atom. The summed E-state index contributed by atoms with van der Waals surface area (Å²) in [7, 11) is 0. The zero-order chi connectivity index (χ0) is 39.4. The highest BCUT2D eigenvalue weighted by atomic mass is 16.5. The van der Waals surface area contributed by atoms with Crippen LogP contribution in [0.25, 0.3) is 24.3 Å². The highest BCUT2D eigenvalue weighted by Crippen LogP contribution is 2.33. The van der Waals surface area contributed by atoms with Gasteiger partial charge in [-0.1, -0.05) is 266 Å². The summed E-state index contributed by atoms with van der Waals surface area (Å²) < 4.78 is 13.1.